The highest BCUT2D eigenvalue weighted by Gasteiger charge is 2.45. The van der Waals surface area contributed by atoms with Crippen molar-refractivity contribution in [1.82, 2.24) is 4.90 Å². The predicted octanol–water partition coefficient (Wildman–Crippen LogP) is 1.19. The molecular formula is C15H21N3O3. The van der Waals surface area contributed by atoms with Crippen LogP contribution >= 0.6 is 0 Å². The standard InChI is InChI=1S/C15H21N3O3/c1-18(11-12-5-3-2-4-6-12)14(19)15(13(16)17-20)7-9-21-10-8-15/h2-6,20H,7-11H2,1H3,(H2,16,17). The van der Waals surface area contributed by atoms with Crippen molar-refractivity contribution in [2.24, 2.45) is 16.3 Å². The lowest BCUT2D eigenvalue weighted by Crippen LogP contribution is -2.53. The van der Waals surface area contributed by atoms with Crippen molar-refractivity contribution in [1.29, 1.82) is 0 Å². The van der Waals surface area contributed by atoms with E-state index >= 15 is 0 Å². The molecule has 1 saturated heterocycles. The first kappa shape index (κ1) is 15.3. The van der Waals surface area contributed by atoms with Gasteiger partial charge in [-0.2, -0.15) is 0 Å². The van der Waals surface area contributed by atoms with Crippen LogP contribution in [-0.4, -0.2) is 42.1 Å². The van der Waals surface area contributed by atoms with E-state index in [1.54, 1.807) is 11.9 Å². The third-order valence-electron chi connectivity index (χ3n) is 3.96. The average molecular weight is 291 g/mol. The molecule has 21 heavy (non-hydrogen) atoms. The third kappa shape index (κ3) is 3.16. The lowest BCUT2D eigenvalue weighted by molar-refractivity contribution is -0.141. The molecule has 0 saturated carbocycles. The summed E-state index contributed by atoms with van der Waals surface area (Å²) >= 11 is 0. The number of hydrogen-bond donors (Lipinski definition) is 2. The van der Waals surface area contributed by atoms with E-state index in [4.69, 9.17) is 15.7 Å². The molecule has 3 N–H and O–H groups in total. The molecular weight excluding hydrogens is 270 g/mol. The van der Waals surface area contributed by atoms with Gasteiger partial charge in [0.1, 0.15) is 5.41 Å². The molecule has 0 bridgehead atoms. The molecule has 1 aliphatic rings. The molecule has 6 nitrogen and oxygen atoms in total. The zero-order chi connectivity index (χ0) is 15.3. The summed E-state index contributed by atoms with van der Waals surface area (Å²) in [6, 6.07) is 9.72. The summed E-state index contributed by atoms with van der Waals surface area (Å²) in [6.45, 7) is 1.35. The van der Waals surface area contributed by atoms with E-state index in [0.29, 0.717) is 32.6 Å². The van der Waals surface area contributed by atoms with Crippen LogP contribution in [0.4, 0.5) is 0 Å². The van der Waals surface area contributed by atoms with Gasteiger partial charge in [0, 0.05) is 26.8 Å². The molecule has 1 aliphatic heterocycles. The molecule has 0 aromatic heterocycles. The number of nitrogens with zero attached hydrogens (tertiary/aromatic N) is 2. The molecule has 1 fully saturated rings. The predicted molar refractivity (Wildman–Crippen MR) is 78.8 cm³/mol. The number of rotatable bonds is 4. The Morgan fingerprint density at radius 3 is 2.57 bits per heavy atom. The van der Waals surface area contributed by atoms with Crippen LogP contribution in [0.25, 0.3) is 0 Å². The molecule has 114 valence electrons. The molecule has 1 aromatic carbocycles. The number of carbonyl (C=O) groups excluding carboxylic acids is 1. The maximum atomic E-state index is 12.8. The normalized spacial score (nSPS) is 18.2. The monoisotopic (exact) mass is 291 g/mol. The molecule has 2 rings (SSSR count). The molecule has 1 amide bonds. The Kier molecular flexibility index (Phi) is 4.80. The Bertz CT molecular complexity index is 510. The van der Waals surface area contributed by atoms with Crippen molar-refractivity contribution < 1.29 is 14.7 Å². The Morgan fingerprint density at radius 1 is 1.38 bits per heavy atom. The molecule has 0 radical (unpaired) electrons. The van der Waals surface area contributed by atoms with E-state index in [9.17, 15) is 4.79 Å². The summed E-state index contributed by atoms with van der Waals surface area (Å²) in [4.78, 5) is 14.4. The van der Waals surface area contributed by atoms with E-state index in [-0.39, 0.29) is 11.7 Å². The number of hydrogen-bond acceptors (Lipinski definition) is 4. The second-order valence-electron chi connectivity index (χ2n) is 5.33. The van der Waals surface area contributed by atoms with Gasteiger partial charge in [-0.05, 0) is 18.4 Å². The maximum Gasteiger partial charge on any atom is 0.236 e. The first-order valence-electron chi connectivity index (χ1n) is 6.95. The smallest absolute Gasteiger partial charge is 0.236 e. The lowest BCUT2D eigenvalue weighted by Gasteiger charge is -2.37. The molecule has 1 aromatic rings. The molecule has 0 aliphatic carbocycles. The minimum absolute atomic E-state index is 0.0317. The summed E-state index contributed by atoms with van der Waals surface area (Å²) in [6.07, 6.45) is 0.863. The number of amidine groups is 1. The van der Waals surface area contributed by atoms with Crippen LogP contribution in [0.15, 0.2) is 35.5 Å². The van der Waals surface area contributed by atoms with Gasteiger partial charge in [-0.1, -0.05) is 35.5 Å². The summed E-state index contributed by atoms with van der Waals surface area (Å²) in [5.41, 5.74) is 5.89. The van der Waals surface area contributed by atoms with Crippen molar-refractivity contribution in [3.63, 3.8) is 0 Å². The number of amides is 1. The highest BCUT2D eigenvalue weighted by Crippen LogP contribution is 2.33. The van der Waals surface area contributed by atoms with Crippen LogP contribution in [-0.2, 0) is 16.1 Å². The van der Waals surface area contributed by atoms with Gasteiger partial charge in [-0.3, -0.25) is 4.79 Å². The van der Waals surface area contributed by atoms with E-state index in [1.165, 1.54) is 0 Å². The number of oxime groups is 1. The molecule has 0 unspecified atom stereocenters. The first-order valence-corrected chi connectivity index (χ1v) is 6.95. The van der Waals surface area contributed by atoms with Crippen molar-refractivity contribution in [2.45, 2.75) is 19.4 Å². The number of ether oxygens (including phenoxy) is 1. The molecule has 1 heterocycles. The van der Waals surface area contributed by atoms with Crippen molar-refractivity contribution in [3.8, 4) is 0 Å². The zero-order valence-corrected chi connectivity index (χ0v) is 12.2. The fourth-order valence-electron chi connectivity index (χ4n) is 2.69. The van der Waals surface area contributed by atoms with Gasteiger partial charge in [0.25, 0.3) is 0 Å². The minimum Gasteiger partial charge on any atom is -0.409 e. The molecule has 6 heteroatoms. The fourth-order valence-corrected chi connectivity index (χ4v) is 2.69. The van der Waals surface area contributed by atoms with Gasteiger partial charge in [0.15, 0.2) is 5.84 Å². The second kappa shape index (κ2) is 6.58. The SMILES string of the molecule is CN(Cc1ccccc1)C(=O)C1(C(N)=NO)CCOCC1. The Morgan fingerprint density at radius 2 is 2.00 bits per heavy atom. The summed E-state index contributed by atoms with van der Waals surface area (Å²) in [5.74, 6) is -0.166. The minimum atomic E-state index is -0.962. The van der Waals surface area contributed by atoms with E-state index in [2.05, 4.69) is 5.16 Å². The average Bonchev–Trinajstić information content (AvgIpc) is 2.54. The van der Waals surface area contributed by atoms with Crippen LogP contribution in [0.3, 0.4) is 0 Å². The van der Waals surface area contributed by atoms with Crippen LogP contribution < -0.4 is 5.73 Å². The Labute approximate surface area is 124 Å². The van der Waals surface area contributed by atoms with Gasteiger partial charge in [-0.15, -0.1) is 0 Å². The first-order chi connectivity index (χ1) is 10.1. The van der Waals surface area contributed by atoms with E-state index in [0.717, 1.165) is 5.56 Å². The second-order valence-corrected chi connectivity index (χ2v) is 5.33. The molecule has 0 spiro atoms. The quantitative estimate of drug-likeness (QED) is 0.377. The van der Waals surface area contributed by atoms with Crippen LogP contribution in [0, 0.1) is 5.41 Å². The van der Waals surface area contributed by atoms with Crippen LogP contribution in [0.1, 0.15) is 18.4 Å². The molecule has 0 atom stereocenters. The Hall–Kier alpha value is -2.08. The van der Waals surface area contributed by atoms with Crippen molar-refractivity contribution in [3.05, 3.63) is 35.9 Å². The van der Waals surface area contributed by atoms with Crippen molar-refractivity contribution in [2.75, 3.05) is 20.3 Å². The largest absolute Gasteiger partial charge is 0.409 e. The number of nitrogens with two attached hydrogens (primary N) is 1. The fraction of sp³-hybridized carbons (Fsp3) is 0.467. The maximum absolute atomic E-state index is 12.8. The van der Waals surface area contributed by atoms with Crippen LogP contribution in [0.5, 0.6) is 0 Å². The third-order valence-corrected chi connectivity index (χ3v) is 3.96. The van der Waals surface area contributed by atoms with Gasteiger partial charge in [-0.25, -0.2) is 0 Å². The van der Waals surface area contributed by atoms with Crippen LogP contribution in [0.2, 0.25) is 0 Å². The van der Waals surface area contributed by atoms with Gasteiger partial charge in [0.2, 0.25) is 5.91 Å². The van der Waals surface area contributed by atoms with Gasteiger partial charge >= 0.3 is 0 Å². The highest BCUT2D eigenvalue weighted by atomic mass is 16.5. The zero-order valence-electron chi connectivity index (χ0n) is 12.2. The van der Waals surface area contributed by atoms with E-state index < -0.39 is 5.41 Å². The summed E-state index contributed by atoms with van der Waals surface area (Å²) < 4.78 is 5.30. The van der Waals surface area contributed by atoms with E-state index in [1.807, 2.05) is 30.3 Å². The summed E-state index contributed by atoms with van der Waals surface area (Å²) in [7, 11) is 1.73. The van der Waals surface area contributed by atoms with Gasteiger partial charge < -0.3 is 20.6 Å². The van der Waals surface area contributed by atoms with Crippen molar-refractivity contribution >= 4 is 11.7 Å². The highest BCUT2D eigenvalue weighted by molar-refractivity contribution is 6.06. The van der Waals surface area contributed by atoms with Gasteiger partial charge in [0.05, 0.1) is 0 Å². The topological polar surface area (TPSA) is 88.2 Å². The Balaban J connectivity index is 2.18. The number of benzene rings is 1. The number of carbonyl (C=O) groups is 1. The lowest BCUT2D eigenvalue weighted by atomic mass is 9.77. The summed E-state index contributed by atoms with van der Waals surface area (Å²) in [5, 5.41) is 12.1.